The third kappa shape index (κ3) is 3.45. The quantitative estimate of drug-likeness (QED) is 0.885. The molecule has 2 rings (SSSR count). The van der Waals surface area contributed by atoms with Crippen molar-refractivity contribution in [1.82, 2.24) is 4.98 Å². The van der Waals surface area contributed by atoms with Crippen molar-refractivity contribution in [2.24, 2.45) is 0 Å². The molecule has 2 N–H and O–H groups in total. The van der Waals surface area contributed by atoms with Crippen molar-refractivity contribution in [3.8, 4) is 0 Å². The van der Waals surface area contributed by atoms with Crippen LogP contribution in [0.1, 0.15) is 46.5 Å². The molecule has 0 saturated heterocycles. The number of hydrogen-bond donors (Lipinski definition) is 2. The fraction of sp³-hybridized carbons (Fsp3) is 0.267. The van der Waals surface area contributed by atoms with Crippen LogP contribution in [-0.2, 0) is 5.41 Å². The average molecular weight is 339 g/mol. The second kappa shape index (κ2) is 6.06. The topological polar surface area (TPSA) is 79.3 Å². The van der Waals surface area contributed by atoms with Gasteiger partial charge in [-0.15, -0.1) is 11.3 Å². The fourth-order valence-electron chi connectivity index (χ4n) is 1.90. The smallest absolute Gasteiger partial charge is 0.337 e. The minimum absolute atomic E-state index is 0.00663. The zero-order valence-corrected chi connectivity index (χ0v) is 13.9. The van der Waals surface area contributed by atoms with Gasteiger partial charge in [-0.1, -0.05) is 32.4 Å². The Morgan fingerprint density at radius 2 is 2.00 bits per heavy atom. The van der Waals surface area contributed by atoms with Crippen molar-refractivity contribution in [2.45, 2.75) is 26.2 Å². The van der Waals surface area contributed by atoms with E-state index >= 15 is 0 Å². The van der Waals surface area contributed by atoms with Crippen LogP contribution in [0.5, 0.6) is 0 Å². The molecular weight excluding hydrogens is 324 g/mol. The van der Waals surface area contributed by atoms with Gasteiger partial charge >= 0.3 is 5.97 Å². The summed E-state index contributed by atoms with van der Waals surface area (Å²) in [6.07, 6.45) is 0. The van der Waals surface area contributed by atoms with E-state index in [2.05, 4.69) is 10.3 Å². The van der Waals surface area contributed by atoms with Crippen molar-refractivity contribution in [3.63, 3.8) is 0 Å². The first-order chi connectivity index (χ1) is 10.2. The number of rotatable bonds is 3. The Hall–Kier alpha value is -1.92. The van der Waals surface area contributed by atoms with Crippen molar-refractivity contribution in [1.29, 1.82) is 0 Å². The first kappa shape index (κ1) is 16.5. The zero-order valence-electron chi connectivity index (χ0n) is 12.3. The van der Waals surface area contributed by atoms with Gasteiger partial charge < -0.3 is 10.4 Å². The number of amides is 1. The van der Waals surface area contributed by atoms with Crippen molar-refractivity contribution < 1.29 is 14.7 Å². The maximum absolute atomic E-state index is 12.4. The Kier molecular flexibility index (Phi) is 4.53. The molecule has 7 heteroatoms. The van der Waals surface area contributed by atoms with Crippen LogP contribution in [-0.4, -0.2) is 22.0 Å². The summed E-state index contributed by atoms with van der Waals surface area (Å²) in [5.74, 6) is -1.40. The number of thiazole rings is 1. The van der Waals surface area contributed by atoms with E-state index in [4.69, 9.17) is 16.7 Å². The predicted octanol–water partition coefficient (Wildman–Crippen LogP) is 4.04. The summed E-state index contributed by atoms with van der Waals surface area (Å²) in [6, 6.07) is 4.28. The van der Waals surface area contributed by atoms with Crippen LogP contribution in [0.25, 0.3) is 0 Å². The molecule has 1 amide bonds. The standard InChI is InChI=1S/C15H15ClN2O3S/c1-15(2,3)12-11(22-7-17-12)13(19)18-8-4-5-9(14(20)21)10(16)6-8/h4-7H,1-3H3,(H,18,19)(H,20,21). The molecule has 1 aromatic heterocycles. The molecular formula is C15H15ClN2O3S. The van der Waals surface area contributed by atoms with Gasteiger partial charge in [0.15, 0.2) is 0 Å². The first-order valence-corrected chi connectivity index (χ1v) is 7.74. The number of anilines is 1. The number of carbonyl (C=O) groups excluding carboxylic acids is 1. The van der Waals surface area contributed by atoms with Gasteiger partial charge in [-0.2, -0.15) is 0 Å². The maximum atomic E-state index is 12.4. The number of carbonyl (C=O) groups is 2. The Bertz CT molecular complexity index is 735. The summed E-state index contributed by atoms with van der Waals surface area (Å²) in [4.78, 5) is 28.1. The third-order valence-electron chi connectivity index (χ3n) is 2.94. The van der Waals surface area contributed by atoms with E-state index in [9.17, 15) is 9.59 Å². The number of benzene rings is 1. The van der Waals surface area contributed by atoms with Crippen molar-refractivity contribution in [3.05, 3.63) is 44.9 Å². The molecule has 2 aromatic rings. The van der Waals surface area contributed by atoms with Crippen LogP contribution in [0.4, 0.5) is 5.69 Å². The normalized spacial score (nSPS) is 11.3. The number of halogens is 1. The van der Waals surface area contributed by atoms with Crippen LogP contribution in [0.2, 0.25) is 5.02 Å². The summed E-state index contributed by atoms with van der Waals surface area (Å²) in [5, 5.41) is 11.7. The summed E-state index contributed by atoms with van der Waals surface area (Å²) in [6.45, 7) is 5.95. The molecule has 0 bridgehead atoms. The van der Waals surface area contributed by atoms with Gasteiger partial charge in [0.2, 0.25) is 0 Å². The molecule has 22 heavy (non-hydrogen) atoms. The van der Waals surface area contributed by atoms with Gasteiger partial charge in [-0.25, -0.2) is 9.78 Å². The highest BCUT2D eigenvalue weighted by Crippen LogP contribution is 2.28. The van der Waals surface area contributed by atoms with Gasteiger partial charge in [-0.05, 0) is 18.2 Å². The van der Waals surface area contributed by atoms with Gasteiger partial charge in [0.05, 0.1) is 21.8 Å². The van der Waals surface area contributed by atoms with Crippen LogP contribution < -0.4 is 5.32 Å². The number of hydrogen-bond acceptors (Lipinski definition) is 4. The van der Waals surface area contributed by atoms with E-state index in [0.717, 1.165) is 5.69 Å². The van der Waals surface area contributed by atoms with Crippen molar-refractivity contribution in [2.75, 3.05) is 5.32 Å². The highest BCUT2D eigenvalue weighted by atomic mass is 35.5. The molecule has 0 aliphatic rings. The summed E-state index contributed by atoms with van der Waals surface area (Å²) in [5.41, 5.74) is 2.55. The molecule has 0 aliphatic carbocycles. The molecule has 5 nitrogen and oxygen atoms in total. The second-order valence-corrected chi connectivity index (χ2v) is 7.00. The SMILES string of the molecule is CC(C)(C)c1ncsc1C(=O)Nc1ccc(C(=O)O)c(Cl)c1. The summed E-state index contributed by atoms with van der Waals surface area (Å²) >= 11 is 7.16. The first-order valence-electron chi connectivity index (χ1n) is 6.48. The lowest BCUT2D eigenvalue weighted by Gasteiger charge is -2.17. The van der Waals surface area contributed by atoms with Crippen LogP contribution in [0.3, 0.4) is 0 Å². The predicted molar refractivity (Wildman–Crippen MR) is 87.2 cm³/mol. The molecule has 0 spiro atoms. The molecule has 0 aliphatic heterocycles. The van der Waals surface area contributed by atoms with E-state index in [1.54, 1.807) is 5.51 Å². The van der Waals surface area contributed by atoms with Gasteiger partial charge in [-0.3, -0.25) is 4.79 Å². The lowest BCUT2D eigenvalue weighted by molar-refractivity contribution is 0.0697. The number of carboxylic acid groups (broad SMARTS) is 1. The molecule has 0 unspecified atom stereocenters. The monoisotopic (exact) mass is 338 g/mol. The van der Waals surface area contributed by atoms with Gasteiger partial charge in [0, 0.05) is 11.1 Å². The molecule has 0 fully saturated rings. The van der Waals surface area contributed by atoms with Gasteiger partial charge in [0.1, 0.15) is 4.88 Å². The fourth-order valence-corrected chi connectivity index (χ4v) is 3.05. The van der Waals surface area contributed by atoms with E-state index < -0.39 is 5.97 Å². The highest BCUT2D eigenvalue weighted by Gasteiger charge is 2.25. The number of nitrogens with zero attached hydrogens (tertiary/aromatic N) is 1. The molecule has 0 radical (unpaired) electrons. The van der Waals surface area contributed by atoms with Crippen LogP contribution in [0, 0.1) is 0 Å². The highest BCUT2D eigenvalue weighted by molar-refractivity contribution is 7.12. The number of aromatic carboxylic acids is 1. The second-order valence-electron chi connectivity index (χ2n) is 5.73. The lowest BCUT2D eigenvalue weighted by Crippen LogP contribution is -2.19. The van der Waals surface area contributed by atoms with E-state index in [1.807, 2.05) is 20.8 Å². The van der Waals surface area contributed by atoms with Gasteiger partial charge in [0.25, 0.3) is 5.91 Å². The number of nitrogens with one attached hydrogen (secondary N) is 1. The summed E-state index contributed by atoms with van der Waals surface area (Å²) in [7, 11) is 0. The Morgan fingerprint density at radius 1 is 1.32 bits per heavy atom. The lowest BCUT2D eigenvalue weighted by atomic mass is 9.91. The maximum Gasteiger partial charge on any atom is 0.337 e. The number of aromatic nitrogens is 1. The van der Waals surface area contributed by atoms with Crippen molar-refractivity contribution >= 4 is 40.5 Å². The number of carboxylic acids is 1. The largest absolute Gasteiger partial charge is 0.478 e. The molecule has 1 heterocycles. The Balaban J connectivity index is 2.25. The van der Waals surface area contributed by atoms with E-state index in [1.165, 1.54) is 29.5 Å². The minimum atomic E-state index is -1.11. The molecule has 116 valence electrons. The van der Waals surface area contributed by atoms with E-state index in [-0.39, 0.29) is 21.9 Å². The summed E-state index contributed by atoms with van der Waals surface area (Å²) < 4.78 is 0. The van der Waals surface area contributed by atoms with Crippen LogP contribution >= 0.6 is 22.9 Å². The molecule has 0 saturated carbocycles. The average Bonchev–Trinajstić information content (AvgIpc) is 2.87. The third-order valence-corrected chi connectivity index (χ3v) is 4.08. The minimum Gasteiger partial charge on any atom is -0.478 e. The Labute approximate surface area is 137 Å². The molecule has 1 aromatic carbocycles. The zero-order chi connectivity index (χ0) is 16.5. The molecule has 0 atom stereocenters. The van der Waals surface area contributed by atoms with E-state index in [0.29, 0.717) is 10.6 Å². The Morgan fingerprint density at radius 3 is 2.55 bits per heavy atom. The van der Waals surface area contributed by atoms with Crippen LogP contribution in [0.15, 0.2) is 23.7 Å².